The molecule has 0 heterocycles. The minimum atomic E-state index is -0.128. The van der Waals surface area contributed by atoms with Gasteiger partial charge < -0.3 is 11.5 Å². The molecule has 0 aliphatic rings. The van der Waals surface area contributed by atoms with Crippen LogP contribution in [0.3, 0.4) is 0 Å². The summed E-state index contributed by atoms with van der Waals surface area (Å²) in [6.45, 7) is 11.2. The molecule has 0 fully saturated rings. The molecule has 4 N–H and O–H groups in total. The molecule has 0 aromatic rings. The molecule has 0 bridgehead atoms. The highest BCUT2D eigenvalue weighted by Gasteiger charge is 2.12. The fraction of sp³-hybridized carbons (Fsp3) is 0.909. The van der Waals surface area contributed by atoms with Crippen molar-refractivity contribution in [3.63, 3.8) is 0 Å². The van der Waals surface area contributed by atoms with E-state index < -0.39 is 0 Å². The molecule has 0 spiro atoms. The Hall–Kier alpha value is -0.340. The summed E-state index contributed by atoms with van der Waals surface area (Å²) in [6, 6.07) is 0. The standard InChI is InChI=1S/C22H46N2/c1-5-6-7-8-11-14-20(4)17-18-21(19(2)3)15-12-9-10-13-16-22(23)24/h20-22H,2,5-18,23-24H2,1,3-4H3. The predicted molar refractivity (Wildman–Crippen MR) is 110 cm³/mol. The maximum Gasteiger partial charge on any atom is 0.0520 e. The van der Waals surface area contributed by atoms with Crippen LogP contribution in [-0.2, 0) is 0 Å². The molecule has 0 rings (SSSR count). The molecule has 2 nitrogen and oxygen atoms in total. The van der Waals surface area contributed by atoms with Crippen molar-refractivity contribution in [2.24, 2.45) is 23.3 Å². The molecule has 2 heteroatoms. The summed E-state index contributed by atoms with van der Waals surface area (Å²) in [6.07, 6.45) is 18.3. The molecule has 2 unspecified atom stereocenters. The Morgan fingerprint density at radius 1 is 0.750 bits per heavy atom. The average Bonchev–Trinajstić information content (AvgIpc) is 2.52. The summed E-state index contributed by atoms with van der Waals surface area (Å²) in [5.74, 6) is 1.60. The number of hydrogen-bond donors (Lipinski definition) is 2. The van der Waals surface area contributed by atoms with Gasteiger partial charge in [-0.15, -0.1) is 0 Å². The monoisotopic (exact) mass is 338 g/mol. The first-order chi connectivity index (χ1) is 11.5. The SMILES string of the molecule is C=C(C)C(CCCCCCC(N)N)CCC(C)CCCCCCC. The smallest absolute Gasteiger partial charge is 0.0520 e. The Morgan fingerprint density at radius 3 is 1.83 bits per heavy atom. The fourth-order valence-corrected chi connectivity index (χ4v) is 3.49. The van der Waals surface area contributed by atoms with Gasteiger partial charge in [-0.1, -0.05) is 96.6 Å². The first kappa shape index (κ1) is 23.7. The molecular weight excluding hydrogens is 292 g/mol. The Balaban J connectivity index is 3.73. The van der Waals surface area contributed by atoms with Gasteiger partial charge in [-0.2, -0.15) is 0 Å². The second-order valence-corrected chi connectivity index (χ2v) is 8.08. The van der Waals surface area contributed by atoms with Gasteiger partial charge >= 0.3 is 0 Å². The highest BCUT2D eigenvalue weighted by Crippen LogP contribution is 2.26. The molecule has 0 saturated carbocycles. The lowest BCUT2D eigenvalue weighted by atomic mass is 9.86. The minimum absolute atomic E-state index is 0.128. The van der Waals surface area contributed by atoms with Gasteiger partial charge in [-0.25, -0.2) is 0 Å². The number of hydrogen-bond acceptors (Lipinski definition) is 2. The van der Waals surface area contributed by atoms with Crippen LogP contribution in [0.4, 0.5) is 0 Å². The summed E-state index contributed by atoms with van der Waals surface area (Å²) in [4.78, 5) is 0. The molecular formula is C22H46N2. The van der Waals surface area contributed by atoms with Crippen LogP contribution in [0.2, 0.25) is 0 Å². The van der Waals surface area contributed by atoms with Crippen LogP contribution in [0.15, 0.2) is 12.2 Å². The van der Waals surface area contributed by atoms with E-state index >= 15 is 0 Å². The Bertz CT molecular complexity index is 286. The van der Waals surface area contributed by atoms with Crippen LogP contribution in [0.5, 0.6) is 0 Å². The van der Waals surface area contributed by atoms with E-state index in [4.69, 9.17) is 11.5 Å². The molecule has 0 saturated heterocycles. The lowest BCUT2D eigenvalue weighted by molar-refractivity contribution is 0.388. The van der Waals surface area contributed by atoms with Crippen LogP contribution in [0.1, 0.15) is 111 Å². The van der Waals surface area contributed by atoms with Crippen molar-refractivity contribution >= 4 is 0 Å². The maximum atomic E-state index is 5.59. The zero-order valence-corrected chi connectivity index (χ0v) is 17.0. The van der Waals surface area contributed by atoms with Crippen molar-refractivity contribution in [3.8, 4) is 0 Å². The first-order valence-corrected chi connectivity index (χ1v) is 10.6. The Labute approximate surface area is 152 Å². The zero-order chi connectivity index (χ0) is 18.2. The van der Waals surface area contributed by atoms with Gasteiger partial charge in [0.05, 0.1) is 6.17 Å². The predicted octanol–water partition coefficient (Wildman–Crippen LogP) is 6.54. The van der Waals surface area contributed by atoms with E-state index in [0.717, 1.165) is 18.3 Å². The fourth-order valence-electron chi connectivity index (χ4n) is 3.49. The summed E-state index contributed by atoms with van der Waals surface area (Å²) in [5, 5.41) is 0. The molecule has 144 valence electrons. The van der Waals surface area contributed by atoms with Crippen LogP contribution in [0, 0.1) is 11.8 Å². The van der Waals surface area contributed by atoms with E-state index in [0.29, 0.717) is 0 Å². The third-order valence-electron chi connectivity index (χ3n) is 5.35. The normalized spacial score (nSPS) is 14.1. The second-order valence-electron chi connectivity index (χ2n) is 8.08. The number of unbranched alkanes of at least 4 members (excludes halogenated alkanes) is 7. The third-order valence-corrected chi connectivity index (χ3v) is 5.35. The average molecular weight is 339 g/mol. The number of allylic oxidation sites excluding steroid dienone is 1. The summed E-state index contributed by atoms with van der Waals surface area (Å²) in [5.41, 5.74) is 12.6. The first-order valence-electron chi connectivity index (χ1n) is 10.6. The number of rotatable bonds is 17. The van der Waals surface area contributed by atoms with Crippen LogP contribution in [0.25, 0.3) is 0 Å². The lowest BCUT2D eigenvalue weighted by Crippen LogP contribution is -2.29. The zero-order valence-electron chi connectivity index (χ0n) is 17.0. The molecule has 0 aliphatic carbocycles. The van der Waals surface area contributed by atoms with E-state index in [1.54, 1.807) is 0 Å². The van der Waals surface area contributed by atoms with E-state index in [9.17, 15) is 0 Å². The highest BCUT2D eigenvalue weighted by atomic mass is 14.8. The van der Waals surface area contributed by atoms with Gasteiger partial charge in [0.2, 0.25) is 0 Å². The molecule has 0 aliphatic heterocycles. The van der Waals surface area contributed by atoms with E-state index in [2.05, 4.69) is 27.4 Å². The van der Waals surface area contributed by atoms with Gasteiger partial charge in [0, 0.05) is 0 Å². The second kappa shape index (κ2) is 16.1. The molecule has 0 amide bonds. The highest BCUT2D eigenvalue weighted by molar-refractivity contribution is 4.95. The van der Waals surface area contributed by atoms with E-state index in [-0.39, 0.29) is 6.17 Å². The molecule has 24 heavy (non-hydrogen) atoms. The van der Waals surface area contributed by atoms with Gasteiger partial charge in [-0.05, 0) is 38.0 Å². The topological polar surface area (TPSA) is 52.0 Å². The van der Waals surface area contributed by atoms with Crippen LogP contribution >= 0.6 is 0 Å². The van der Waals surface area contributed by atoms with Gasteiger partial charge in [0.25, 0.3) is 0 Å². The summed E-state index contributed by atoms with van der Waals surface area (Å²) in [7, 11) is 0. The summed E-state index contributed by atoms with van der Waals surface area (Å²) < 4.78 is 0. The van der Waals surface area contributed by atoms with Crippen LogP contribution < -0.4 is 11.5 Å². The van der Waals surface area contributed by atoms with Crippen LogP contribution in [-0.4, -0.2) is 6.17 Å². The Morgan fingerprint density at radius 2 is 1.29 bits per heavy atom. The number of nitrogens with two attached hydrogens (primary N) is 2. The van der Waals surface area contributed by atoms with Crippen molar-refractivity contribution in [2.45, 2.75) is 117 Å². The molecule has 0 aromatic carbocycles. The van der Waals surface area contributed by atoms with Crippen molar-refractivity contribution in [3.05, 3.63) is 12.2 Å². The lowest BCUT2D eigenvalue weighted by Gasteiger charge is -2.19. The minimum Gasteiger partial charge on any atom is -0.316 e. The largest absolute Gasteiger partial charge is 0.316 e. The van der Waals surface area contributed by atoms with Gasteiger partial charge in [-0.3, -0.25) is 0 Å². The maximum absolute atomic E-state index is 5.59. The quantitative estimate of drug-likeness (QED) is 0.180. The molecule has 0 radical (unpaired) electrons. The van der Waals surface area contributed by atoms with E-state index in [1.165, 1.54) is 89.0 Å². The Kier molecular flexibility index (Phi) is 15.9. The van der Waals surface area contributed by atoms with Crippen molar-refractivity contribution < 1.29 is 0 Å². The third kappa shape index (κ3) is 15.2. The summed E-state index contributed by atoms with van der Waals surface area (Å²) >= 11 is 0. The van der Waals surface area contributed by atoms with Crippen molar-refractivity contribution in [1.29, 1.82) is 0 Å². The van der Waals surface area contributed by atoms with Crippen molar-refractivity contribution in [1.82, 2.24) is 0 Å². The van der Waals surface area contributed by atoms with Gasteiger partial charge in [0.1, 0.15) is 0 Å². The molecule has 0 aromatic heterocycles. The molecule has 2 atom stereocenters. The van der Waals surface area contributed by atoms with Gasteiger partial charge in [0.15, 0.2) is 0 Å². The van der Waals surface area contributed by atoms with E-state index in [1.807, 2.05) is 0 Å². The van der Waals surface area contributed by atoms with Crippen molar-refractivity contribution in [2.75, 3.05) is 0 Å².